The van der Waals surface area contributed by atoms with Crippen molar-refractivity contribution in [2.75, 3.05) is 0 Å². The number of rotatable bonds is 8. The standard InChI is InChI=1S/C30H30O6/c1-17(2)29(31)35-21(7)19(5)33-25-11-13-27-23(15-25)9-10-24-16-26(12-14-28(24)27)34-20(6)22(8)36-30(32)18(3)4/h9-16H,1,3H2,2,4-8H3/b21-19+,22-20+. The van der Waals surface area contributed by atoms with Crippen LogP contribution in [0.1, 0.15) is 41.5 Å². The molecule has 0 aliphatic heterocycles. The highest BCUT2D eigenvalue weighted by Gasteiger charge is 2.11. The first-order chi connectivity index (χ1) is 17.0. The molecule has 0 N–H and O–H groups in total. The van der Waals surface area contributed by atoms with E-state index in [1.165, 1.54) is 0 Å². The molecule has 0 fully saturated rings. The van der Waals surface area contributed by atoms with Crippen LogP contribution in [0.25, 0.3) is 21.5 Å². The van der Waals surface area contributed by atoms with E-state index < -0.39 is 11.9 Å². The van der Waals surface area contributed by atoms with Crippen LogP contribution in [0.2, 0.25) is 0 Å². The first-order valence-electron chi connectivity index (χ1n) is 11.4. The number of fused-ring (bicyclic) bond motifs is 3. The van der Waals surface area contributed by atoms with Crippen LogP contribution in [0.5, 0.6) is 11.5 Å². The number of hydrogen-bond acceptors (Lipinski definition) is 6. The van der Waals surface area contributed by atoms with Gasteiger partial charge in [-0.15, -0.1) is 0 Å². The maximum Gasteiger partial charge on any atom is 0.338 e. The maximum atomic E-state index is 11.7. The van der Waals surface area contributed by atoms with Gasteiger partial charge in [0.1, 0.15) is 34.5 Å². The molecule has 0 radical (unpaired) electrons. The molecule has 6 nitrogen and oxygen atoms in total. The molecule has 0 atom stereocenters. The van der Waals surface area contributed by atoms with Crippen molar-refractivity contribution in [3.05, 3.63) is 95.9 Å². The maximum absolute atomic E-state index is 11.7. The predicted molar refractivity (Wildman–Crippen MR) is 141 cm³/mol. The molecule has 0 bridgehead atoms. The number of benzene rings is 3. The smallest absolute Gasteiger partial charge is 0.338 e. The molecule has 0 unspecified atom stereocenters. The molecule has 0 amide bonds. The third-order valence-electron chi connectivity index (χ3n) is 5.50. The van der Waals surface area contributed by atoms with Gasteiger partial charge in [-0.3, -0.25) is 0 Å². The summed E-state index contributed by atoms with van der Waals surface area (Å²) in [6, 6.07) is 15.6. The van der Waals surface area contributed by atoms with Gasteiger partial charge in [-0.25, -0.2) is 9.59 Å². The summed E-state index contributed by atoms with van der Waals surface area (Å²) in [6.07, 6.45) is 0. The number of carbonyl (C=O) groups is 2. The van der Waals surface area contributed by atoms with E-state index in [0.717, 1.165) is 21.5 Å². The van der Waals surface area contributed by atoms with Crippen molar-refractivity contribution in [3.8, 4) is 11.5 Å². The quantitative estimate of drug-likeness (QED) is 0.142. The Morgan fingerprint density at radius 2 is 0.917 bits per heavy atom. The van der Waals surface area contributed by atoms with E-state index in [-0.39, 0.29) is 0 Å². The highest BCUT2D eigenvalue weighted by Crippen LogP contribution is 2.32. The van der Waals surface area contributed by atoms with Crippen molar-refractivity contribution >= 4 is 33.5 Å². The van der Waals surface area contributed by atoms with Gasteiger partial charge in [-0.1, -0.05) is 37.4 Å². The number of ether oxygens (including phenoxy) is 4. The molecule has 0 heterocycles. The Morgan fingerprint density at radius 1 is 0.556 bits per heavy atom. The summed E-state index contributed by atoms with van der Waals surface area (Å²) in [5, 5.41) is 4.10. The molecule has 0 aliphatic carbocycles. The molecule has 3 aromatic rings. The van der Waals surface area contributed by atoms with Crippen molar-refractivity contribution in [2.24, 2.45) is 0 Å². The Hall–Kier alpha value is -4.32. The molecule has 186 valence electrons. The van der Waals surface area contributed by atoms with Crippen molar-refractivity contribution in [1.29, 1.82) is 0 Å². The summed E-state index contributed by atoms with van der Waals surface area (Å²) in [5.41, 5.74) is 0.640. The fraction of sp³-hybridized carbons (Fsp3) is 0.200. The monoisotopic (exact) mass is 486 g/mol. The van der Waals surface area contributed by atoms with Gasteiger partial charge >= 0.3 is 11.9 Å². The number of hydrogen-bond donors (Lipinski definition) is 0. The Morgan fingerprint density at radius 3 is 1.25 bits per heavy atom. The van der Waals surface area contributed by atoms with E-state index in [1.807, 2.05) is 48.5 Å². The fourth-order valence-corrected chi connectivity index (χ4v) is 3.25. The first kappa shape index (κ1) is 26.3. The van der Waals surface area contributed by atoms with E-state index in [9.17, 15) is 9.59 Å². The van der Waals surface area contributed by atoms with Crippen LogP contribution in [0.3, 0.4) is 0 Å². The second-order valence-electron chi connectivity index (χ2n) is 8.60. The molecule has 6 heteroatoms. The third kappa shape index (κ3) is 6.21. The normalized spacial score (nSPS) is 12.4. The van der Waals surface area contributed by atoms with Gasteiger partial charge in [-0.05, 0) is 87.4 Å². The molecule has 0 aromatic heterocycles. The summed E-state index contributed by atoms with van der Waals surface area (Å²) in [6.45, 7) is 17.2. The molecule has 0 spiro atoms. The molecule has 0 saturated carbocycles. The van der Waals surface area contributed by atoms with Gasteiger partial charge in [0.15, 0.2) is 0 Å². The summed E-state index contributed by atoms with van der Waals surface area (Å²) in [4.78, 5) is 23.5. The van der Waals surface area contributed by atoms with Gasteiger partial charge in [0.25, 0.3) is 0 Å². The minimum absolute atomic E-state index is 0.320. The molecular weight excluding hydrogens is 456 g/mol. The number of allylic oxidation sites excluding steroid dienone is 4. The van der Waals surface area contributed by atoms with Crippen LogP contribution in [0.15, 0.2) is 95.9 Å². The van der Waals surface area contributed by atoms with Crippen molar-refractivity contribution in [2.45, 2.75) is 41.5 Å². The zero-order valence-electron chi connectivity index (χ0n) is 21.5. The molecule has 0 aliphatic rings. The van der Waals surface area contributed by atoms with Crippen LogP contribution in [0, 0.1) is 0 Å². The lowest BCUT2D eigenvalue weighted by atomic mass is 10.0. The van der Waals surface area contributed by atoms with Gasteiger partial charge in [0.2, 0.25) is 0 Å². The van der Waals surface area contributed by atoms with Crippen molar-refractivity contribution in [3.63, 3.8) is 0 Å². The highest BCUT2D eigenvalue weighted by molar-refractivity contribution is 6.08. The van der Waals surface area contributed by atoms with Crippen LogP contribution in [-0.2, 0) is 19.1 Å². The lowest BCUT2D eigenvalue weighted by Crippen LogP contribution is -2.06. The van der Waals surface area contributed by atoms with E-state index >= 15 is 0 Å². The SMILES string of the molecule is C=C(C)C(=O)O/C(C)=C(\C)Oc1ccc2c(ccc3cc(O/C(C)=C(\C)OC(=O)C(=C)C)ccc32)c1. The Labute approximate surface area is 211 Å². The molecule has 0 saturated heterocycles. The fourth-order valence-electron chi connectivity index (χ4n) is 3.25. The molecular formula is C30H30O6. The Kier molecular flexibility index (Phi) is 8.00. The van der Waals surface area contributed by atoms with Crippen LogP contribution >= 0.6 is 0 Å². The van der Waals surface area contributed by atoms with Crippen LogP contribution in [0.4, 0.5) is 0 Å². The van der Waals surface area contributed by atoms with E-state index in [2.05, 4.69) is 13.2 Å². The summed E-state index contributed by atoms with van der Waals surface area (Å²) >= 11 is 0. The minimum atomic E-state index is -0.488. The number of carbonyl (C=O) groups excluding carboxylic acids is 2. The third-order valence-corrected chi connectivity index (χ3v) is 5.50. The molecule has 36 heavy (non-hydrogen) atoms. The summed E-state index contributed by atoms with van der Waals surface area (Å²) < 4.78 is 22.3. The van der Waals surface area contributed by atoms with Gasteiger partial charge in [0.05, 0.1) is 0 Å². The van der Waals surface area contributed by atoms with Gasteiger partial charge < -0.3 is 18.9 Å². The second kappa shape index (κ2) is 11.0. The highest BCUT2D eigenvalue weighted by atomic mass is 16.6. The van der Waals surface area contributed by atoms with Crippen molar-refractivity contribution < 1.29 is 28.5 Å². The van der Waals surface area contributed by atoms with E-state index in [0.29, 0.717) is 45.7 Å². The van der Waals surface area contributed by atoms with E-state index in [4.69, 9.17) is 18.9 Å². The number of esters is 2. The van der Waals surface area contributed by atoms with Gasteiger partial charge in [-0.2, -0.15) is 0 Å². The second-order valence-corrected chi connectivity index (χ2v) is 8.60. The molecule has 3 aromatic carbocycles. The minimum Gasteiger partial charge on any atom is -0.458 e. The van der Waals surface area contributed by atoms with Crippen LogP contribution in [-0.4, -0.2) is 11.9 Å². The average Bonchev–Trinajstić information content (AvgIpc) is 2.83. The van der Waals surface area contributed by atoms with Crippen molar-refractivity contribution in [1.82, 2.24) is 0 Å². The lowest BCUT2D eigenvalue weighted by molar-refractivity contribution is -0.136. The topological polar surface area (TPSA) is 71.1 Å². The zero-order chi connectivity index (χ0) is 26.6. The Balaban J connectivity index is 1.84. The van der Waals surface area contributed by atoms with Gasteiger partial charge in [0, 0.05) is 11.1 Å². The van der Waals surface area contributed by atoms with E-state index in [1.54, 1.807) is 41.5 Å². The largest absolute Gasteiger partial charge is 0.458 e. The van der Waals surface area contributed by atoms with Crippen LogP contribution < -0.4 is 9.47 Å². The Bertz CT molecular complexity index is 1340. The zero-order valence-corrected chi connectivity index (χ0v) is 21.5. The predicted octanol–water partition coefficient (Wildman–Crippen LogP) is 7.49. The lowest BCUT2D eigenvalue weighted by Gasteiger charge is -2.13. The average molecular weight is 487 g/mol. The molecule has 3 rings (SSSR count). The summed E-state index contributed by atoms with van der Waals surface area (Å²) in [5.74, 6) is 2.01. The summed E-state index contributed by atoms with van der Waals surface area (Å²) in [7, 11) is 0. The first-order valence-corrected chi connectivity index (χ1v) is 11.4.